The highest BCUT2D eigenvalue weighted by atomic mass is 35.5. The average Bonchev–Trinajstić information content (AvgIpc) is 2.74. The number of aliphatic hydroxyl groups is 1. The van der Waals surface area contributed by atoms with Crippen LogP contribution in [0.5, 0.6) is 0 Å². The smallest absolute Gasteiger partial charge is 0.408 e. The van der Waals surface area contributed by atoms with Crippen LogP contribution in [0.25, 0.3) is 11.1 Å². The molecule has 0 saturated heterocycles. The molecule has 0 bridgehead atoms. The fourth-order valence-electron chi connectivity index (χ4n) is 2.15. The van der Waals surface area contributed by atoms with Gasteiger partial charge in [-0.3, -0.25) is 4.57 Å². The number of hydrogen-bond donors (Lipinski definition) is 1. The minimum absolute atomic E-state index is 0.418. The van der Waals surface area contributed by atoms with Crippen LogP contribution in [0.4, 0.5) is 0 Å². The van der Waals surface area contributed by atoms with E-state index in [9.17, 15) is 9.90 Å². The van der Waals surface area contributed by atoms with E-state index in [2.05, 4.69) is 0 Å². The third-order valence-electron chi connectivity index (χ3n) is 3.32. The lowest BCUT2D eigenvalue weighted by atomic mass is 10.0. The summed E-state index contributed by atoms with van der Waals surface area (Å²) in [5, 5.41) is 11.0. The van der Waals surface area contributed by atoms with Gasteiger partial charge < -0.3 is 9.52 Å². The lowest BCUT2D eigenvalue weighted by molar-refractivity contribution is 0.220. The number of aliphatic hydroxyl groups excluding tert-OH is 1. The van der Waals surface area contributed by atoms with Crippen LogP contribution in [-0.4, -0.2) is 9.67 Å². The Morgan fingerprint density at radius 3 is 2.50 bits per heavy atom. The minimum atomic E-state index is -0.776. The van der Waals surface area contributed by atoms with Gasteiger partial charge >= 0.3 is 5.76 Å². The molecule has 4 nitrogen and oxygen atoms in total. The number of hydrogen-bond acceptors (Lipinski definition) is 3. The van der Waals surface area contributed by atoms with Crippen molar-refractivity contribution in [1.29, 1.82) is 0 Å². The first kappa shape index (κ1) is 13.0. The summed E-state index contributed by atoms with van der Waals surface area (Å²) in [6.07, 6.45) is -0.776. The highest BCUT2D eigenvalue weighted by Crippen LogP contribution is 2.25. The van der Waals surface area contributed by atoms with E-state index >= 15 is 0 Å². The third-order valence-corrected chi connectivity index (χ3v) is 3.57. The Morgan fingerprint density at radius 2 is 1.80 bits per heavy atom. The number of aromatic nitrogens is 1. The van der Waals surface area contributed by atoms with Gasteiger partial charge in [-0.25, -0.2) is 4.79 Å². The van der Waals surface area contributed by atoms with Gasteiger partial charge in [0.15, 0.2) is 5.58 Å². The molecule has 0 aliphatic carbocycles. The number of fused-ring (bicyclic) bond motifs is 1. The van der Waals surface area contributed by atoms with Gasteiger partial charge in [0.1, 0.15) is 6.10 Å². The van der Waals surface area contributed by atoms with Crippen molar-refractivity contribution in [2.24, 2.45) is 7.05 Å². The third kappa shape index (κ3) is 2.13. The summed E-state index contributed by atoms with van der Waals surface area (Å²) in [5.41, 5.74) is 2.59. The maximum atomic E-state index is 11.4. The van der Waals surface area contributed by atoms with E-state index < -0.39 is 11.9 Å². The molecule has 0 saturated carbocycles. The molecule has 0 radical (unpaired) electrons. The molecule has 3 aromatic rings. The second-order valence-corrected chi connectivity index (χ2v) is 5.04. The molecule has 0 aliphatic heterocycles. The molecule has 5 heteroatoms. The molecule has 3 rings (SSSR count). The fourth-order valence-corrected chi connectivity index (χ4v) is 2.28. The predicted molar refractivity (Wildman–Crippen MR) is 77.0 cm³/mol. The van der Waals surface area contributed by atoms with Crippen LogP contribution in [0.15, 0.2) is 51.7 Å². The lowest BCUT2D eigenvalue weighted by Gasteiger charge is -2.11. The van der Waals surface area contributed by atoms with Crippen molar-refractivity contribution in [3.8, 4) is 0 Å². The predicted octanol–water partition coefficient (Wildman–Crippen LogP) is 2.87. The van der Waals surface area contributed by atoms with Gasteiger partial charge in [0, 0.05) is 12.1 Å². The topological polar surface area (TPSA) is 55.4 Å². The van der Waals surface area contributed by atoms with Crippen LogP contribution < -0.4 is 5.76 Å². The molecule has 1 atom stereocenters. The summed E-state index contributed by atoms with van der Waals surface area (Å²) < 4.78 is 6.47. The molecule has 2 aromatic carbocycles. The number of rotatable bonds is 2. The van der Waals surface area contributed by atoms with Crippen LogP contribution in [-0.2, 0) is 7.05 Å². The number of aryl methyl sites for hydroxylation is 1. The van der Waals surface area contributed by atoms with Crippen molar-refractivity contribution < 1.29 is 9.52 Å². The highest BCUT2D eigenvalue weighted by Gasteiger charge is 2.13. The molecular formula is C15H12ClNO3. The molecule has 0 fully saturated rings. The summed E-state index contributed by atoms with van der Waals surface area (Å²) in [5.74, 6) is -0.418. The molecule has 102 valence electrons. The van der Waals surface area contributed by atoms with Crippen LogP contribution in [0.1, 0.15) is 17.2 Å². The number of benzene rings is 2. The molecule has 1 N–H and O–H groups in total. The summed E-state index contributed by atoms with van der Waals surface area (Å²) in [7, 11) is 1.63. The lowest BCUT2D eigenvalue weighted by Crippen LogP contribution is -2.08. The zero-order valence-corrected chi connectivity index (χ0v) is 11.5. The van der Waals surface area contributed by atoms with Crippen molar-refractivity contribution in [3.63, 3.8) is 0 Å². The Kier molecular flexibility index (Phi) is 3.12. The van der Waals surface area contributed by atoms with Gasteiger partial charge in [-0.05, 0) is 35.4 Å². The van der Waals surface area contributed by atoms with Gasteiger partial charge in [0.2, 0.25) is 0 Å². The molecule has 0 amide bonds. The molecule has 1 heterocycles. The van der Waals surface area contributed by atoms with E-state index in [1.807, 2.05) is 0 Å². The first-order valence-electron chi connectivity index (χ1n) is 6.09. The van der Waals surface area contributed by atoms with E-state index in [0.717, 1.165) is 5.56 Å². The SMILES string of the molecule is Cn1c(=O)oc2ccc(C(O)c3ccc(Cl)cc3)cc21. The van der Waals surface area contributed by atoms with E-state index in [0.29, 0.717) is 21.7 Å². The van der Waals surface area contributed by atoms with E-state index in [4.69, 9.17) is 16.0 Å². The van der Waals surface area contributed by atoms with Crippen molar-refractivity contribution in [1.82, 2.24) is 4.57 Å². The van der Waals surface area contributed by atoms with Crippen molar-refractivity contribution >= 4 is 22.7 Å². The van der Waals surface area contributed by atoms with Crippen LogP contribution in [0.3, 0.4) is 0 Å². The number of oxazole rings is 1. The van der Waals surface area contributed by atoms with E-state index in [1.54, 1.807) is 49.5 Å². The summed E-state index contributed by atoms with van der Waals surface area (Å²) in [6.45, 7) is 0. The van der Waals surface area contributed by atoms with Crippen LogP contribution in [0.2, 0.25) is 5.02 Å². The monoisotopic (exact) mass is 289 g/mol. The molecule has 0 spiro atoms. The zero-order valence-electron chi connectivity index (χ0n) is 10.7. The Hall–Kier alpha value is -2.04. The van der Waals surface area contributed by atoms with Crippen molar-refractivity contribution in [3.05, 3.63) is 69.2 Å². The molecule has 20 heavy (non-hydrogen) atoms. The Balaban J connectivity index is 2.07. The quantitative estimate of drug-likeness (QED) is 0.789. The average molecular weight is 290 g/mol. The fraction of sp³-hybridized carbons (Fsp3) is 0.133. The van der Waals surface area contributed by atoms with Gasteiger partial charge in [0.25, 0.3) is 0 Å². The van der Waals surface area contributed by atoms with Crippen LogP contribution >= 0.6 is 11.6 Å². The summed E-state index contributed by atoms with van der Waals surface area (Å²) in [6, 6.07) is 12.2. The Morgan fingerprint density at radius 1 is 1.15 bits per heavy atom. The Bertz CT molecular complexity index is 817. The minimum Gasteiger partial charge on any atom is -0.408 e. The molecule has 0 aliphatic rings. The first-order valence-corrected chi connectivity index (χ1v) is 6.47. The van der Waals surface area contributed by atoms with Gasteiger partial charge in [-0.1, -0.05) is 29.8 Å². The summed E-state index contributed by atoms with van der Waals surface area (Å²) in [4.78, 5) is 11.4. The maximum absolute atomic E-state index is 11.4. The largest absolute Gasteiger partial charge is 0.419 e. The number of halogens is 1. The van der Waals surface area contributed by atoms with Crippen LogP contribution in [0, 0.1) is 0 Å². The Labute approximate surface area is 119 Å². The standard InChI is InChI=1S/C15H12ClNO3/c1-17-12-8-10(4-7-13(12)20-15(17)19)14(18)9-2-5-11(16)6-3-9/h2-8,14,18H,1H3. The molecule has 1 unspecified atom stereocenters. The maximum Gasteiger partial charge on any atom is 0.419 e. The van der Waals surface area contributed by atoms with Gasteiger partial charge in [-0.2, -0.15) is 0 Å². The van der Waals surface area contributed by atoms with Crippen molar-refractivity contribution in [2.45, 2.75) is 6.10 Å². The van der Waals surface area contributed by atoms with Crippen molar-refractivity contribution in [2.75, 3.05) is 0 Å². The molecular weight excluding hydrogens is 278 g/mol. The second kappa shape index (κ2) is 4.81. The van der Waals surface area contributed by atoms with Gasteiger partial charge in [0.05, 0.1) is 5.52 Å². The summed E-state index contributed by atoms with van der Waals surface area (Å²) >= 11 is 5.83. The normalized spacial score (nSPS) is 12.8. The van der Waals surface area contributed by atoms with E-state index in [-0.39, 0.29) is 0 Å². The highest BCUT2D eigenvalue weighted by molar-refractivity contribution is 6.30. The first-order chi connectivity index (χ1) is 9.56. The molecule has 1 aromatic heterocycles. The number of nitrogens with zero attached hydrogens (tertiary/aromatic N) is 1. The second-order valence-electron chi connectivity index (χ2n) is 4.61. The van der Waals surface area contributed by atoms with Gasteiger partial charge in [-0.15, -0.1) is 0 Å². The zero-order chi connectivity index (χ0) is 14.3. The van der Waals surface area contributed by atoms with E-state index in [1.165, 1.54) is 4.57 Å².